The van der Waals surface area contributed by atoms with Gasteiger partial charge in [0, 0.05) is 45.1 Å². The molecule has 134 valence electrons. The molecule has 5 rings (SSSR count). The third-order valence-electron chi connectivity index (χ3n) is 5.47. The molecule has 0 N–H and O–H groups in total. The predicted molar refractivity (Wildman–Crippen MR) is 92.8 cm³/mol. The fourth-order valence-electron chi connectivity index (χ4n) is 4.25. The lowest BCUT2D eigenvalue weighted by molar-refractivity contribution is 0.0767. The Morgan fingerprint density at radius 2 is 1.88 bits per heavy atom. The van der Waals surface area contributed by atoms with Gasteiger partial charge in [0.1, 0.15) is 5.69 Å². The molecule has 26 heavy (non-hydrogen) atoms. The van der Waals surface area contributed by atoms with E-state index in [2.05, 4.69) is 27.0 Å². The van der Waals surface area contributed by atoms with Crippen LogP contribution in [0.1, 0.15) is 16.1 Å². The molecule has 7 nitrogen and oxygen atoms in total. The molecule has 0 aliphatic carbocycles. The van der Waals surface area contributed by atoms with Gasteiger partial charge in [0.05, 0.1) is 6.20 Å². The van der Waals surface area contributed by atoms with E-state index < -0.39 is 0 Å². The second-order valence-electron chi connectivity index (χ2n) is 7.20. The molecule has 0 radical (unpaired) electrons. The molecule has 2 fully saturated rings. The minimum atomic E-state index is -0.00480. The first kappa shape index (κ1) is 15.6. The number of amides is 1. The Hall–Kier alpha value is -2.67. The van der Waals surface area contributed by atoms with Crippen LogP contribution in [-0.2, 0) is 6.54 Å². The summed E-state index contributed by atoms with van der Waals surface area (Å²) < 4.78 is 10.8. The fraction of sp³-hybridized carbons (Fsp3) is 0.421. The van der Waals surface area contributed by atoms with Gasteiger partial charge in [-0.25, -0.2) is 4.98 Å². The van der Waals surface area contributed by atoms with E-state index in [4.69, 9.17) is 9.47 Å². The first-order valence-electron chi connectivity index (χ1n) is 8.92. The molecule has 2 atom stereocenters. The van der Waals surface area contributed by atoms with Gasteiger partial charge in [-0.2, -0.15) is 0 Å². The van der Waals surface area contributed by atoms with Crippen molar-refractivity contribution in [3.8, 4) is 11.5 Å². The van der Waals surface area contributed by atoms with Crippen molar-refractivity contribution in [3.63, 3.8) is 0 Å². The van der Waals surface area contributed by atoms with Gasteiger partial charge in [-0.3, -0.25) is 14.7 Å². The highest BCUT2D eigenvalue weighted by atomic mass is 16.7. The normalized spacial score (nSPS) is 24.1. The molecule has 1 aromatic heterocycles. The largest absolute Gasteiger partial charge is 0.454 e. The highest BCUT2D eigenvalue weighted by molar-refractivity contribution is 5.92. The molecular formula is C19H20N4O3. The Bertz CT molecular complexity index is 815. The fourth-order valence-corrected chi connectivity index (χ4v) is 4.25. The van der Waals surface area contributed by atoms with Crippen LogP contribution in [0.15, 0.2) is 36.8 Å². The van der Waals surface area contributed by atoms with Crippen molar-refractivity contribution in [2.24, 2.45) is 11.8 Å². The van der Waals surface area contributed by atoms with Crippen molar-refractivity contribution in [2.45, 2.75) is 6.54 Å². The number of nitrogens with zero attached hydrogens (tertiary/aromatic N) is 4. The maximum atomic E-state index is 12.5. The topological polar surface area (TPSA) is 67.8 Å². The first-order valence-corrected chi connectivity index (χ1v) is 8.92. The summed E-state index contributed by atoms with van der Waals surface area (Å²) in [6.07, 6.45) is 4.70. The third kappa shape index (κ3) is 2.78. The van der Waals surface area contributed by atoms with Crippen LogP contribution in [0.3, 0.4) is 0 Å². The zero-order chi connectivity index (χ0) is 17.5. The molecule has 0 saturated carbocycles. The molecule has 3 aliphatic rings. The smallest absolute Gasteiger partial charge is 0.274 e. The number of fused-ring (bicyclic) bond motifs is 2. The van der Waals surface area contributed by atoms with Crippen molar-refractivity contribution in [2.75, 3.05) is 33.0 Å². The van der Waals surface area contributed by atoms with Gasteiger partial charge in [0.25, 0.3) is 5.91 Å². The van der Waals surface area contributed by atoms with Crippen molar-refractivity contribution in [3.05, 3.63) is 48.0 Å². The molecule has 3 aliphatic heterocycles. The van der Waals surface area contributed by atoms with Crippen LogP contribution in [-0.4, -0.2) is 58.6 Å². The van der Waals surface area contributed by atoms with Gasteiger partial charge in [-0.15, -0.1) is 0 Å². The second-order valence-corrected chi connectivity index (χ2v) is 7.20. The maximum absolute atomic E-state index is 12.5. The molecule has 1 amide bonds. The van der Waals surface area contributed by atoms with Gasteiger partial charge in [0.15, 0.2) is 11.5 Å². The van der Waals surface area contributed by atoms with Crippen molar-refractivity contribution < 1.29 is 14.3 Å². The van der Waals surface area contributed by atoms with Crippen LogP contribution in [0.25, 0.3) is 0 Å². The van der Waals surface area contributed by atoms with E-state index in [0.717, 1.165) is 44.2 Å². The lowest BCUT2D eigenvalue weighted by atomic mass is 10.0. The summed E-state index contributed by atoms with van der Waals surface area (Å²) in [6, 6.07) is 6.15. The standard InChI is InChI=1S/C19H20N4O3/c24-19(16-6-20-3-4-21-16)23-10-14-8-22(9-15(14)11-23)7-13-1-2-17-18(5-13)26-12-25-17/h1-6,14-15H,7-12H2/t14-,15+. The zero-order valence-corrected chi connectivity index (χ0v) is 14.4. The van der Waals surface area contributed by atoms with Crippen molar-refractivity contribution in [1.82, 2.24) is 19.8 Å². The van der Waals surface area contributed by atoms with Crippen LogP contribution in [0.5, 0.6) is 11.5 Å². The van der Waals surface area contributed by atoms with Gasteiger partial charge in [-0.05, 0) is 29.5 Å². The molecule has 7 heteroatoms. The molecule has 2 aromatic rings. The van der Waals surface area contributed by atoms with Crippen LogP contribution in [0.2, 0.25) is 0 Å². The molecule has 2 saturated heterocycles. The minimum absolute atomic E-state index is 0.00480. The molecule has 1 aromatic carbocycles. The van der Waals surface area contributed by atoms with Gasteiger partial charge in [-0.1, -0.05) is 6.07 Å². The van der Waals surface area contributed by atoms with Crippen molar-refractivity contribution in [1.29, 1.82) is 0 Å². The number of likely N-dealkylation sites (tertiary alicyclic amines) is 2. The highest BCUT2D eigenvalue weighted by Crippen LogP contribution is 2.35. The van der Waals surface area contributed by atoms with Gasteiger partial charge >= 0.3 is 0 Å². The number of carbonyl (C=O) groups is 1. The third-order valence-corrected chi connectivity index (χ3v) is 5.47. The van der Waals surface area contributed by atoms with E-state index in [0.29, 0.717) is 24.3 Å². The van der Waals surface area contributed by atoms with Crippen LogP contribution in [0, 0.1) is 11.8 Å². The van der Waals surface area contributed by atoms with E-state index in [9.17, 15) is 4.79 Å². The van der Waals surface area contributed by atoms with E-state index in [1.807, 2.05) is 11.0 Å². The number of carbonyl (C=O) groups excluding carboxylic acids is 1. The zero-order valence-electron chi connectivity index (χ0n) is 14.4. The maximum Gasteiger partial charge on any atom is 0.274 e. The number of hydrogen-bond donors (Lipinski definition) is 0. The van der Waals surface area contributed by atoms with Crippen LogP contribution in [0.4, 0.5) is 0 Å². The monoisotopic (exact) mass is 352 g/mol. The number of hydrogen-bond acceptors (Lipinski definition) is 6. The van der Waals surface area contributed by atoms with E-state index in [1.165, 1.54) is 5.56 Å². The Kier molecular flexibility index (Phi) is 3.74. The SMILES string of the molecule is O=C(c1cnccn1)N1C[C@H]2CN(Cc3ccc4c(c3)OCO4)C[C@H]2C1. The Balaban J connectivity index is 1.20. The summed E-state index contributed by atoms with van der Waals surface area (Å²) in [5.74, 6) is 2.72. The van der Waals surface area contributed by atoms with Crippen LogP contribution < -0.4 is 9.47 Å². The second kappa shape index (κ2) is 6.25. The minimum Gasteiger partial charge on any atom is -0.454 e. The molecule has 0 bridgehead atoms. The average molecular weight is 352 g/mol. The molecule has 4 heterocycles. The molecular weight excluding hydrogens is 332 g/mol. The van der Waals surface area contributed by atoms with Crippen molar-refractivity contribution >= 4 is 5.91 Å². The van der Waals surface area contributed by atoms with Crippen LogP contribution >= 0.6 is 0 Å². The number of benzene rings is 1. The summed E-state index contributed by atoms with van der Waals surface area (Å²) in [5, 5.41) is 0. The Morgan fingerprint density at radius 1 is 1.08 bits per heavy atom. The average Bonchev–Trinajstić information content (AvgIpc) is 3.36. The summed E-state index contributed by atoms with van der Waals surface area (Å²) >= 11 is 0. The quantitative estimate of drug-likeness (QED) is 0.832. The van der Waals surface area contributed by atoms with E-state index in [1.54, 1.807) is 18.6 Å². The summed E-state index contributed by atoms with van der Waals surface area (Å²) in [4.78, 5) is 25.1. The number of ether oxygens (including phenoxy) is 2. The number of aromatic nitrogens is 2. The summed E-state index contributed by atoms with van der Waals surface area (Å²) in [6.45, 7) is 4.85. The number of rotatable bonds is 3. The summed E-state index contributed by atoms with van der Waals surface area (Å²) in [5.41, 5.74) is 1.67. The van der Waals surface area contributed by atoms with E-state index in [-0.39, 0.29) is 5.91 Å². The molecule has 0 spiro atoms. The van der Waals surface area contributed by atoms with Gasteiger partial charge < -0.3 is 14.4 Å². The Labute approximate surface area is 151 Å². The Morgan fingerprint density at radius 3 is 2.65 bits per heavy atom. The van der Waals surface area contributed by atoms with Gasteiger partial charge in [0.2, 0.25) is 6.79 Å². The lowest BCUT2D eigenvalue weighted by Crippen LogP contribution is -2.33. The van der Waals surface area contributed by atoms with E-state index >= 15 is 0 Å². The first-order chi connectivity index (χ1) is 12.8. The highest BCUT2D eigenvalue weighted by Gasteiger charge is 2.41. The molecule has 0 unspecified atom stereocenters. The summed E-state index contributed by atoms with van der Waals surface area (Å²) in [7, 11) is 0. The predicted octanol–water partition coefficient (Wildman–Crippen LogP) is 1.41. The lowest BCUT2D eigenvalue weighted by Gasteiger charge is -2.21.